The fourth-order valence-corrected chi connectivity index (χ4v) is 2.39. The Kier molecular flexibility index (Phi) is 9.41. The van der Waals surface area contributed by atoms with Gasteiger partial charge in [0.25, 0.3) is 0 Å². The average Bonchev–Trinajstić information content (AvgIpc) is 2.45. The van der Waals surface area contributed by atoms with E-state index >= 15 is 0 Å². The lowest BCUT2D eigenvalue weighted by Gasteiger charge is -2.30. The highest BCUT2D eigenvalue weighted by Gasteiger charge is 2.14. The number of carbonyl (C=O) groups excluding carboxylic acids is 1. The van der Waals surface area contributed by atoms with Gasteiger partial charge in [0.15, 0.2) is 0 Å². The van der Waals surface area contributed by atoms with Gasteiger partial charge >= 0.3 is 6.03 Å². The standard InChI is InChI=1S/C15H31N3O2/c1-3-20-13-9-17-15(19)16-8-4-5-10-18-11-6-14(2)7-12-18/h14H,3-13H2,1-2H3,(H2,16,17,19). The van der Waals surface area contributed by atoms with Crippen molar-refractivity contribution in [2.45, 2.75) is 39.5 Å². The smallest absolute Gasteiger partial charge is 0.314 e. The van der Waals surface area contributed by atoms with E-state index in [9.17, 15) is 4.79 Å². The van der Waals surface area contributed by atoms with E-state index in [4.69, 9.17) is 4.74 Å². The molecule has 1 heterocycles. The number of ether oxygens (including phenoxy) is 1. The molecule has 0 unspecified atom stereocenters. The molecule has 2 amide bonds. The minimum atomic E-state index is -0.0866. The first-order valence-corrected chi connectivity index (χ1v) is 8.04. The van der Waals surface area contributed by atoms with E-state index in [0.717, 1.165) is 25.3 Å². The SMILES string of the molecule is CCOCCNC(=O)NCCCCN1CCC(C)CC1. The molecule has 0 spiro atoms. The number of likely N-dealkylation sites (tertiary alicyclic amines) is 1. The van der Waals surface area contributed by atoms with Gasteiger partial charge in [-0.05, 0) is 58.2 Å². The molecule has 1 aliphatic rings. The topological polar surface area (TPSA) is 53.6 Å². The molecule has 20 heavy (non-hydrogen) atoms. The number of rotatable bonds is 9. The predicted molar refractivity (Wildman–Crippen MR) is 82.0 cm³/mol. The van der Waals surface area contributed by atoms with Crippen LogP contribution in [-0.2, 0) is 4.74 Å². The number of urea groups is 1. The van der Waals surface area contributed by atoms with E-state index in [1.54, 1.807) is 0 Å². The van der Waals surface area contributed by atoms with E-state index in [-0.39, 0.29) is 6.03 Å². The number of nitrogens with one attached hydrogen (secondary N) is 2. The van der Waals surface area contributed by atoms with Crippen molar-refractivity contribution in [1.29, 1.82) is 0 Å². The number of hydrogen-bond acceptors (Lipinski definition) is 3. The van der Waals surface area contributed by atoms with Crippen molar-refractivity contribution in [3.63, 3.8) is 0 Å². The fourth-order valence-electron chi connectivity index (χ4n) is 2.39. The number of piperidine rings is 1. The maximum atomic E-state index is 11.4. The van der Waals surface area contributed by atoms with Crippen LogP contribution in [0.1, 0.15) is 39.5 Å². The molecule has 0 aromatic carbocycles. The maximum absolute atomic E-state index is 11.4. The molecule has 0 saturated carbocycles. The zero-order valence-corrected chi connectivity index (χ0v) is 13.1. The highest BCUT2D eigenvalue weighted by atomic mass is 16.5. The quantitative estimate of drug-likeness (QED) is 0.636. The first-order valence-electron chi connectivity index (χ1n) is 8.04. The first kappa shape index (κ1) is 17.2. The van der Waals surface area contributed by atoms with Crippen LogP contribution in [0.5, 0.6) is 0 Å². The molecule has 0 aromatic heterocycles. The normalized spacial score (nSPS) is 17.1. The van der Waals surface area contributed by atoms with Crippen molar-refractivity contribution in [3.05, 3.63) is 0 Å². The summed E-state index contributed by atoms with van der Waals surface area (Å²) in [6.45, 7) is 10.5. The Hall–Kier alpha value is -0.810. The van der Waals surface area contributed by atoms with E-state index in [0.29, 0.717) is 19.8 Å². The molecule has 1 fully saturated rings. The summed E-state index contributed by atoms with van der Waals surface area (Å²) in [4.78, 5) is 14.0. The second-order valence-corrected chi connectivity index (χ2v) is 5.61. The van der Waals surface area contributed by atoms with E-state index in [1.165, 1.54) is 32.5 Å². The number of carbonyl (C=O) groups is 1. The van der Waals surface area contributed by atoms with Crippen molar-refractivity contribution in [2.24, 2.45) is 5.92 Å². The van der Waals surface area contributed by atoms with Gasteiger partial charge in [-0.15, -0.1) is 0 Å². The van der Waals surface area contributed by atoms with Crippen molar-refractivity contribution in [2.75, 3.05) is 45.9 Å². The summed E-state index contributed by atoms with van der Waals surface area (Å²) in [5.74, 6) is 0.897. The van der Waals surface area contributed by atoms with E-state index in [1.807, 2.05) is 6.92 Å². The Morgan fingerprint density at radius 3 is 2.60 bits per heavy atom. The minimum Gasteiger partial charge on any atom is -0.380 e. The second-order valence-electron chi connectivity index (χ2n) is 5.61. The predicted octanol–water partition coefficient (Wildman–Crippen LogP) is 1.83. The van der Waals surface area contributed by atoms with Crippen LogP contribution in [-0.4, -0.2) is 56.9 Å². The van der Waals surface area contributed by atoms with Gasteiger partial charge in [0.2, 0.25) is 0 Å². The van der Waals surface area contributed by atoms with E-state index in [2.05, 4.69) is 22.5 Å². The Morgan fingerprint density at radius 2 is 1.90 bits per heavy atom. The Labute approximate surface area is 123 Å². The second kappa shape index (κ2) is 10.9. The molecule has 5 nitrogen and oxygen atoms in total. The number of nitrogens with zero attached hydrogens (tertiary/aromatic N) is 1. The summed E-state index contributed by atoms with van der Waals surface area (Å²) in [6.07, 6.45) is 4.87. The third-order valence-corrected chi connectivity index (χ3v) is 3.80. The molecule has 1 aliphatic heterocycles. The maximum Gasteiger partial charge on any atom is 0.314 e. The van der Waals surface area contributed by atoms with Crippen LogP contribution in [0.4, 0.5) is 4.79 Å². The Morgan fingerprint density at radius 1 is 1.20 bits per heavy atom. The molecular weight excluding hydrogens is 254 g/mol. The monoisotopic (exact) mass is 285 g/mol. The number of amides is 2. The van der Waals surface area contributed by atoms with Crippen LogP contribution in [0, 0.1) is 5.92 Å². The van der Waals surface area contributed by atoms with Crippen LogP contribution < -0.4 is 10.6 Å². The van der Waals surface area contributed by atoms with Gasteiger partial charge in [-0.3, -0.25) is 0 Å². The largest absolute Gasteiger partial charge is 0.380 e. The van der Waals surface area contributed by atoms with Crippen LogP contribution in [0.3, 0.4) is 0 Å². The van der Waals surface area contributed by atoms with Gasteiger partial charge in [0.05, 0.1) is 6.61 Å². The molecule has 0 radical (unpaired) electrons. The van der Waals surface area contributed by atoms with Gasteiger partial charge in [-0.2, -0.15) is 0 Å². The fraction of sp³-hybridized carbons (Fsp3) is 0.933. The Balaban J connectivity index is 1.87. The molecule has 0 atom stereocenters. The van der Waals surface area contributed by atoms with Crippen LogP contribution in [0.2, 0.25) is 0 Å². The molecule has 0 aromatic rings. The lowest BCUT2D eigenvalue weighted by Crippen LogP contribution is -2.38. The summed E-state index contributed by atoms with van der Waals surface area (Å²) in [6, 6.07) is -0.0866. The van der Waals surface area contributed by atoms with E-state index < -0.39 is 0 Å². The lowest BCUT2D eigenvalue weighted by molar-refractivity contribution is 0.149. The average molecular weight is 285 g/mol. The van der Waals surface area contributed by atoms with Crippen LogP contribution in [0.15, 0.2) is 0 Å². The molecule has 0 bridgehead atoms. The van der Waals surface area contributed by atoms with Crippen LogP contribution in [0.25, 0.3) is 0 Å². The molecule has 1 rings (SSSR count). The molecule has 1 saturated heterocycles. The highest BCUT2D eigenvalue weighted by Crippen LogP contribution is 2.15. The number of unbranched alkanes of at least 4 members (excludes halogenated alkanes) is 1. The summed E-state index contributed by atoms with van der Waals surface area (Å²) in [5.41, 5.74) is 0. The molecule has 118 valence electrons. The first-order chi connectivity index (χ1) is 9.72. The Bertz CT molecular complexity index is 254. The molecule has 2 N–H and O–H groups in total. The summed E-state index contributed by atoms with van der Waals surface area (Å²) >= 11 is 0. The zero-order valence-electron chi connectivity index (χ0n) is 13.1. The van der Waals surface area contributed by atoms with Crippen molar-refractivity contribution in [3.8, 4) is 0 Å². The van der Waals surface area contributed by atoms with Crippen molar-refractivity contribution >= 4 is 6.03 Å². The zero-order chi connectivity index (χ0) is 14.6. The van der Waals surface area contributed by atoms with Crippen molar-refractivity contribution in [1.82, 2.24) is 15.5 Å². The minimum absolute atomic E-state index is 0.0866. The van der Waals surface area contributed by atoms with Gasteiger partial charge in [0, 0.05) is 19.7 Å². The third kappa shape index (κ3) is 8.38. The van der Waals surface area contributed by atoms with Gasteiger partial charge in [-0.1, -0.05) is 6.92 Å². The summed E-state index contributed by atoms with van der Waals surface area (Å²) in [5, 5.41) is 5.66. The molecule has 5 heteroatoms. The lowest BCUT2D eigenvalue weighted by atomic mass is 9.99. The summed E-state index contributed by atoms with van der Waals surface area (Å²) in [7, 11) is 0. The number of hydrogen-bond donors (Lipinski definition) is 2. The van der Waals surface area contributed by atoms with Crippen molar-refractivity contribution < 1.29 is 9.53 Å². The third-order valence-electron chi connectivity index (χ3n) is 3.80. The van der Waals surface area contributed by atoms with Gasteiger partial charge in [-0.25, -0.2) is 4.79 Å². The van der Waals surface area contributed by atoms with Crippen LogP contribution >= 0.6 is 0 Å². The molecular formula is C15H31N3O2. The van der Waals surface area contributed by atoms with Gasteiger partial charge in [0.1, 0.15) is 0 Å². The highest BCUT2D eigenvalue weighted by molar-refractivity contribution is 5.73. The summed E-state index contributed by atoms with van der Waals surface area (Å²) < 4.78 is 5.15. The molecule has 0 aliphatic carbocycles. The van der Waals surface area contributed by atoms with Gasteiger partial charge < -0.3 is 20.3 Å².